The Labute approximate surface area is 132 Å². The van der Waals surface area contributed by atoms with Crippen LogP contribution in [0.1, 0.15) is 18.4 Å². The summed E-state index contributed by atoms with van der Waals surface area (Å²) in [6.07, 6.45) is 3.46. The van der Waals surface area contributed by atoms with E-state index in [-0.39, 0.29) is 6.61 Å². The van der Waals surface area contributed by atoms with E-state index in [0.717, 1.165) is 5.56 Å². The van der Waals surface area contributed by atoms with Crippen LogP contribution < -0.4 is 0 Å². The molecular formula is C17H26O5. The van der Waals surface area contributed by atoms with Gasteiger partial charge in [-0.25, -0.2) is 0 Å². The summed E-state index contributed by atoms with van der Waals surface area (Å²) in [6.45, 7) is 0.686. The summed E-state index contributed by atoms with van der Waals surface area (Å²) in [7, 11) is 4.69. The Morgan fingerprint density at radius 2 is 1.82 bits per heavy atom. The Bertz CT molecular complexity index is 414. The molecule has 5 heteroatoms. The van der Waals surface area contributed by atoms with E-state index in [2.05, 4.69) is 0 Å². The van der Waals surface area contributed by atoms with E-state index in [9.17, 15) is 5.11 Å². The van der Waals surface area contributed by atoms with E-state index in [1.807, 2.05) is 30.3 Å². The lowest BCUT2D eigenvalue weighted by Crippen LogP contribution is -2.38. The van der Waals surface area contributed by atoms with Crippen molar-refractivity contribution in [2.75, 3.05) is 27.9 Å². The van der Waals surface area contributed by atoms with E-state index in [1.54, 1.807) is 33.7 Å². The summed E-state index contributed by atoms with van der Waals surface area (Å²) in [5.74, 6) is -0.884. The monoisotopic (exact) mass is 310 g/mol. The van der Waals surface area contributed by atoms with Crippen molar-refractivity contribution in [2.45, 2.75) is 31.3 Å². The Kier molecular flexibility index (Phi) is 8.77. The number of ether oxygens (including phenoxy) is 4. The molecule has 0 aromatic heterocycles. The highest BCUT2D eigenvalue weighted by molar-refractivity contribution is 5.13. The second-order valence-corrected chi connectivity index (χ2v) is 4.99. The second-order valence-electron chi connectivity index (χ2n) is 4.99. The minimum Gasteiger partial charge on any atom is -0.505 e. The molecule has 0 saturated carbocycles. The molecule has 22 heavy (non-hydrogen) atoms. The van der Waals surface area contributed by atoms with Gasteiger partial charge < -0.3 is 24.1 Å². The van der Waals surface area contributed by atoms with Gasteiger partial charge >= 0.3 is 0 Å². The molecule has 0 radical (unpaired) electrons. The highest BCUT2D eigenvalue weighted by atomic mass is 16.7. The molecule has 1 aromatic carbocycles. The van der Waals surface area contributed by atoms with Crippen molar-refractivity contribution in [3.63, 3.8) is 0 Å². The smallest absolute Gasteiger partial charge is 0.173 e. The zero-order chi connectivity index (χ0) is 16.3. The van der Waals surface area contributed by atoms with Crippen molar-refractivity contribution < 1.29 is 24.1 Å². The summed E-state index contributed by atoms with van der Waals surface area (Å²) >= 11 is 0. The molecule has 0 bridgehead atoms. The molecule has 0 amide bonds. The third kappa shape index (κ3) is 6.58. The molecule has 0 heterocycles. The van der Waals surface area contributed by atoms with Crippen LogP contribution in [0.5, 0.6) is 0 Å². The van der Waals surface area contributed by atoms with Gasteiger partial charge in [0.2, 0.25) is 0 Å². The average molecular weight is 310 g/mol. The molecule has 0 unspecified atom stereocenters. The van der Waals surface area contributed by atoms with Crippen LogP contribution >= 0.6 is 0 Å². The summed E-state index contributed by atoms with van der Waals surface area (Å²) in [5.41, 5.74) is 1.07. The molecule has 124 valence electrons. The van der Waals surface area contributed by atoms with Crippen molar-refractivity contribution in [1.82, 2.24) is 0 Å². The molecule has 5 nitrogen and oxygen atoms in total. The van der Waals surface area contributed by atoms with Gasteiger partial charge in [-0.05, 0) is 11.6 Å². The fourth-order valence-electron chi connectivity index (χ4n) is 2.13. The van der Waals surface area contributed by atoms with E-state index in [0.29, 0.717) is 19.4 Å². The number of hydrogen-bond acceptors (Lipinski definition) is 5. The molecule has 0 saturated heterocycles. The highest BCUT2D eigenvalue weighted by Crippen LogP contribution is 2.24. The summed E-state index contributed by atoms with van der Waals surface area (Å²) in [4.78, 5) is 0. The maximum atomic E-state index is 10.1. The van der Waals surface area contributed by atoms with Gasteiger partial charge in [-0.2, -0.15) is 0 Å². The van der Waals surface area contributed by atoms with Crippen molar-refractivity contribution in [2.24, 2.45) is 0 Å². The minimum absolute atomic E-state index is 0.220. The SMILES string of the molecule is CO/C=C/CC(C[C@H](O)COCc1ccccc1)(OC)OC. The number of aliphatic hydroxyl groups excluding tert-OH is 1. The van der Waals surface area contributed by atoms with E-state index in [4.69, 9.17) is 18.9 Å². The van der Waals surface area contributed by atoms with Crippen LogP contribution in [0, 0.1) is 0 Å². The number of aliphatic hydroxyl groups is 1. The lowest BCUT2D eigenvalue weighted by atomic mass is 10.0. The van der Waals surface area contributed by atoms with Crippen LogP contribution in [0.25, 0.3) is 0 Å². The maximum absolute atomic E-state index is 10.1. The van der Waals surface area contributed by atoms with Crippen LogP contribution in [0.4, 0.5) is 0 Å². The Morgan fingerprint density at radius 3 is 2.41 bits per heavy atom. The van der Waals surface area contributed by atoms with Gasteiger partial charge in [-0.15, -0.1) is 0 Å². The van der Waals surface area contributed by atoms with Gasteiger partial charge in [-0.1, -0.05) is 30.3 Å². The van der Waals surface area contributed by atoms with Crippen molar-refractivity contribution in [3.8, 4) is 0 Å². The lowest BCUT2D eigenvalue weighted by Gasteiger charge is -2.31. The van der Waals surface area contributed by atoms with Gasteiger partial charge in [-0.3, -0.25) is 0 Å². The molecule has 0 spiro atoms. The molecule has 1 atom stereocenters. The first-order valence-corrected chi connectivity index (χ1v) is 7.23. The number of hydrogen-bond donors (Lipinski definition) is 1. The third-order valence-electron chi connectivity index (χ3n) is 3.37. The van der Waals surface area contributed by atoms with Crippen LogP contribution in [-0.4, -0.2) is 44.9 Å². The first-order valence-electron chi connectivity index (χ1n) is 7.23. The largest absolute Gasteiger partial charge is 0.505 e. The van der Waals surface area contributed by atoms with Gasteiger partial charge in [0.1, 0.15) is 0 Å². The molecule has 0 aliphatic carbocycles. The van der Waals surface area contributed by atoms with E-state index in [1.165, 1.54) is 0 Å². The fourth-order valence-corrected chi connectivity index (χ4v) is 2.13. The molecule has 0 aliphatic rings. The van der Waals surface area contributed by atoms with Gasteiger partial charge in [0.05, 0.1) is 32.7 Å². The Hall–Kier alpha value is -1.40. The van der Waals surface area contributed by atoms with Crippen molar-refractivity contribution in [1.29, 1.82) is 0 Å². The van der Waals surface area contributed by atoms with Crippen LogP contribution in [0.15, 0.2) is 42.7 Å². The van der Waals surface area contributed by atoms with Gasteiger partial charge in [0, 0.05) is 27.1 Å². The zero-order valence-electron chi connectivity index (χ0n) is 13.5. The summed E-state index contributed by atoms with van der Waals surface area (Å²) < 4.78 is 21.3. The Morgan fingerprint density at radius 1 is 1.14 bits per heavy atom. The molecule has 1 N–H and O–H groups in total. The number of methoxy groups -OCH3 is 3. The standard InChI is InChI=1S/C17H26O5/c1-19-11-7-10-17(20-2,21-3)12-16(18)14-22-13-15-8-5-4-6-9-15/h4-9,11,16,18H,10,12-14H2,1-3H3/b11-7+/t16-/m0/s1. The van der Waals surface area contributed by atoms with Crippen molar-refractivity contribution in [3.05, 3.63) is 48.2 Å². The van der Waals surface area contributed by atoms with Crippen LogP contribution in [0.3, 0.4) is 0 Å². The summed E-state index contributed by atoms with van der Waals surface area (Å²) in [6, 6.07) is 9.83. The quantitative estimate of drug-likeness (QED) is 0.503. The van der Waals surface area contributed by atoms with Crippen LogP contribution in [0.2, 0.25) is 0 Å². The number of rotatable bonds is 11. The first kappa shape index (κ1) is 18.6. The first-order chi connectivity index (χ1) is 10.7. The molecule has 0 fully saturated rings. The van der Waals surface area contributed by atoms with Crippen LogP contribution in [-0.2, 0) is 25.6 Å². The number of benzene rings is 1. The predicted molar refractivity (Wildman–Crippen MR) is 84.2 cm³/mol. The van der Waals surface area contributed by atoms with E-state index >= 15 is 0 Å². The second kappa shape index (κ2) is 10.3. The van der Waals surface area contributed by atoms with Crippen molar-refractivity contribution >= 4 is 0 Å². The Balaban J connectivity index is 2.42. The molecule has 1 rings (SSSR count). The third-order valence-corrected chi connectivity index (χ3v) is 3.37. The van der Waals surface area contributed by atoms with Gasteiger partial charge in [0.25, 0.3) is 0 Å². The molecule has 1 aromatic rings. The maximum Gasteiger partial charge on any atom is 0.173 e. The zero-order valence-corrected chi connectivity index (χ0v) is 13.5. The average Bonchev–Trinajstić information content (AvgIpc) is 2.55. The fraction of sp³-hybridized carbons (Fsp3) is 0.529. The normalized spacial score (nSPS) is 13.5. The van der Waals surface area contributed by atoms with E-state index < -0.39 is 11.9 Å². The topological polar surface area (TPSA) is 57.2 Å². The molecular weight excluding hydrogens is 284 g/mol. The van der Waals surface area contributed by atoms with Gasteiger partial charge in [0.15, 0.2) is 5.79 Å². The molecule has 0 aliphatic heterocycles. The predicted octanol–water partition coefficient (Wildman–Crippen LogP) is 2.49. The minimum atomic E-state index is -0.884. The summed E-state index contributed by atoms with van der Waals surface area (Å²) in [5, 5.41) is 10.1. The highest BCUT2D eigenvalue weighted by Gasteiger charge is 2.31. The lowest BCUT2D eigenvalue weighted by molar-refractivity contribution is -0.222.